The summed E-state index contributed by atoms with van der Waals surface area (Å²) in [4.78, 5) is 36.0. The van der Waals surface area contributed by atoms with Crippen molar-refractivity contribution in [3.63, 3.8) is 0 Å². The van der Waals surface area contributed by atoms with Crippen LogP contribution in [0.25, 0.3) is 28.0 Å². The molecule has 0 radical (unpaired) electrons. The lowest BCUT2D eigenvalue weighted by Crippen LogP contribution is -2.48. The van der Waals surface area contributed by atoms with Crippen LogP contribution in [0.1, 0.15) is 16.1 Å². The highest BCUT2D eigenvalue weighted by Gasteiger charge is 2.24. The smallest absolute Gasteiger partial charge is 0.255 e. The molecule has 1 aliphatic heterocycles. The number of aromatic nitrogens is 3. The number of benzene rings is 2. The number of H-pyrrole nitrogens is 1. The highest BCUT2D eigenvalue weighted by atomic mass is 35.5. The van der Waals surface area contributed by atoms with Crippen LogP contribution in [0.5, 0.6) is 0 Å². The standard InChI is InChI=1S/C30H26ClN5O2/c31-25-10-6-22(7-11-25)29-26(36-19-24(8-12-27(36)33-29)21-4-2-1-3-5-21)20-34-14-16-35(17-15-34)30(38)23-9-13-28(37)32-18-23/h1-13,18-19H,14-17,20H2,(H,32,37). The number of rotatable bonds is 5. The zero-order valence-corrected chi connectivity index (χ0v) is 21.4. The normalized spacial score (nSPS) is 14.2. The van der Waals surface area contributed by atoms with Gasteiger partial charge in [-0.05, 0) is 41.5 Å². The minimum atomic E-state index is -0.216. The molecule has 190 valence electrons. The topological polar surface area (TPSA) is 73.7 Å². The fourth-order valence-electron chi connectivity index (χ4n) is 4.93. The number of hydrogen-bond acceptors (Lipinski definition) is 4. The van der Waals surface area contributed by atoms with E-state index in [4.69, 9.17) is 16.6 Å². The van der Waals surface area contributed by atoms with Crippen molar-refractivity contribution >= 4 is 23.2 Å². The Morgan fingerprint density at radius 3 is 2.29 bits per heavy atom. The predicted molar refractivity (Wildman–Crippen MR) is 149 cm³/mol. The molecular weight excluding hydrogens is 498 g/mol. The Hall–Kier alpha value is -4.20. The van der Waals surface area contributed by atoms with Crippen molar-refractivity contribution in [2.24, 2.45) is 0 Å². The number of carbonyl (C=O) groups excluding carboxylic acids is 1. The van der Waals surface area contributed by atoms with E-state index in [2.05, 4.69) is 44.7 Å². The zero-order valence-electron chi connectivity index (χ0n) is 20.7. The summed E-state index contributed by atoms with van der Waals surface area (Å²) in [6, 6.07) is 25.2. The number of carbonyl (C=O) groups is 1. The molecule has 2 aromatic carbocycles. The van der Waals surface area contributed by atoms with Gasteiger partial charge in [-0.1, -0.05) is 54.1 Å². The van der Waals surface area contributed by atoms with Crippen LogP contribution in [0.3, 0.4) is 0 Å². The minimum Gasteiger partial charge on any atom is -0.336 e. The van der Waals surface area contributed by atoms with Gasteiger partial charge in [-0.2, -0.15) is 0 Å². The second kappa shape index (κ2) is 10.3. The molecular formula is C30H26ClN5O2. The molecule has 0 aliphatic carbocycles. The van der Waals surface area contributed by atoms with E-state index >= 15 is 0 Å². The summed E-state index contributed by atoms with van der Waals surface area (Å²) >= 11 is 6.17. The first-order valence-corrected chi connectivity index (χ1v) is 13.0. The zero-order chi connectivity index (χ0) is 26.1. The summed E-state index contributed by atoms with van der Waals surface area (Å²) in [6.45, 7) is 3.39. The third-order valence-electron chi connectivity index (χ3n) is 7.01. The maximum Gasteiger partial charge on any atom is 0.255 e. The number of pyridine rings is 2. The summed E-state index contributed by atoms with van der Waals surface area (Å²) in [6.07, 6.45) is 3.64. The average molecular weight is 524 g/mol. The molecule has 7 nitrogen and oxygen atoms in total. The summed E-state index contributed by atoms with van der Waals surface area (Å²) < 4.78 is 2.18. The average Bonchev–Trinajstić information content (AvgIpc) is 3.32. The number of amides is 1. The minimum absolute atomic E-state index is 0.0648. The molecule has 3 aromatic heterocycles. The van der Waals surface area contributed by atoms with Gasteiger partial charge in [-0.3, -0.25) is 14.5 Å². The molecule has 8 heteroatoms. The maximum absolute atomic E-state index is 12.9. The summed E-state index contributed by atoms with van der Waals surface area (Å²) in [5.41, 5.74) is 6.48. The first-order chi connectivity index (χ1) is 18.5. The Labute approximate surface area is 224 Å². The van der Waals surface area contributed by atoms with Crippen molar-refractivity contribution in [3.8, 4) is 22.4 Å². The monoisotopic (exact) mass is 523 g/mol. The van der Waals surface area contributed by atoms with Crippen molar-refractivity contribution in [1.82, 2.24) is 24.2 Å². The molecule has 1 amide bonds. The van der Waals surface area contributed by atoms with Crippen LogP contribution in [0.4, 0.5) is 0 Å². The van der Waals surface area contributed by atoms with E-state index in [1.807, 2.05) is 47.4 Å². The Morgan fingerprint density at radius 1 is 0.842 bits per heavy atom. The van der Waals surface area contributed by atoms with Gasteiger partial charge in [0.2, 0.25) is 5.56 Å². The van der Waals surface area contributed by atoms with E-state index in [1.165, 1.54) is 12.3 Å². The number of fused-ring (bicyclic) bond motifs is 1. The molecule has 0 atom stereocenters. The summed E-state index contributed by atoms with van der Waals surface area (Å²) in [5, 5.41) is 0.689. The number of aromatic amines is 1. The van der Waals surface area contributed by atoms with Crippen molar-refractivity contribution in [1.29, 1.82) is 0 Å². The van der Waals surface area contributed by atoms with Gasteiger partial charge in [-0.15, -0.1) is 0 Å². The molecule has 6 rings (SSSR count). The Kier molecular flexibility index (Phi) is 6.54. The predicted octanol–water partition coefficient (Wildman–Crippen LogP) is 4.97. The molecule has 0 unspecified atom stereocenters. The van der Waals surface area contributed by atoms with Gasteiger partial charge >= 0.3 is 0 Å². The molecule has 1 fully saturated rings. The van der Waals surface area contributed by atoms with Crippen molar-refractivity contribution in [2.45, 2.75) is 6.54 Å². The Bertz CT molecular complexity index is 1630. The molecule has 5 aromatic rings. The Balaban J connectivity index is 1.29. The van der Waals surface area contributed by atoms with Gasteiger partial charge in [0.1, 0.15) is 5.65 Å². The molecule has 1 N–H and O–H groups in total. The number of nitrogens with zero attached hydrogens (tertiary/aromatic N) is 4. The van der Waals surface area contributed by atoms with Crippen LogP contribution < -0.4 is 5.56 Å². The molecule has 0 spiro atoms. The first-order valence-electron chi connectivity index (χ1n) is 12.6. The van der Waals surface area contributed by atoms with Gasteiger partial charge in [0.15, 0.2) is 0 Å². The van der Waals surface area contributed by atoms with Crippen molar-refractivity contribution in [3.05, 3.63) is 118 Å². The van der Waals surface area contributed by atoms with Crippen LogP contribution in [-0.2, 0) is 6.54 Å². The van der Waals surface area contributed by atoms with Crippen LogP contribution in [-0.4, -0.2) is 56.3 Å². The molecule has 0 saturated carbocycles. The van der Waals surface area contributed by atoms with E-state index in [0.717, 1.165) is 46.8 Å². The van der Waals surface area contributed by atoms with Crippen LogP contribution in [0, 0.1) is 0 Å². The highest BCUT2D eigenvalue weighted by molar-refractivity contribution is 6.30. The molecule has 4 heterocycles. The van der Waals surface area contributed by atoms with Crippen molar-refractivity contribution in [2.75, 3.05) is 26.2 Å². The largest absolute Gasteiger partial charge is 0.336 e. The van der Waals surface area contributed by atoms with Crippen molar-refractivity contribution < 1.29 is 4.79 Å². The first kappa shape index (κ1) is 24.2. The third-order valence-corrected chi connectivity index (χ3v) is 7.26. The van der Waals surface area contributed by atoms with Crippen LogP contribution >= 0.6 is 11.6 Å². The number of halogens is 1. The Morgan fingerprint density at radius 2 is 1.58 bits per heavy atom. The molecule has 1 aliphatic rings. The number of hydrogen-bond donors (Lipinski definition) is 1. The lowest BCUT2D eigenvalue weighted by Gasteiger charge is -2.34. The second-order valence-corrected chi connectivity index (χ2v) is 9.87. The van der Waals surface area contributed by atoms with Gasteiger partial charge in [-0.25, -0.2) is 4.98 Å². The molecule has 38 heavy (non-hydrogen) atoms. The van der Waals surface area contributed by atoms with E-state index < -0.39 is 0 Å². The number of imidazole rings is 1. The van der Waals surface area contributed by atoms with E-state index in [-0.39, 0.29) is 11.5 Å². The highest BCUT2D eigenvalue weighted by Crippen LogP contribution is 2.29. The number of nitrogens with one attached hydrogen (secondary N) is 1. The van der Waals surface area contributed by atoms with Crippen LogP contribution in [0.15, 0.2) is 96.1 Å². The SMILES string of the molecule is O=C(c1ccc(=O)[nH]c1)N1CCN(Cc2c(-c3ccc(Cl)cc3)nc3ccc(-c4ccccc4)cn23)CC1. The quantitative estimate of drug-likeness (QED) is 0.353. The maximum atomic E-state index is 12.9. The third kappa shape index (κ3) is 4.86. The van der Waals surface area contributed by atoms with Gasteiger partial charge in [0.25, 0.3) is 5.91 Å². The number of piperazine rings is 1. The van der Waals surface area contributed by atoms with Gasteiger partial charge in [0, 0.05) is 61.8 Å². The van der Waals surface area contributed by atoms with Crippen LogP contribution in [0.2, 0.25) is 5.02 Å². The van der Waals surface area contributed by atoms with E-state index in [0.29, 0.717) is 30.2 Å². The summed E-state index contributed by atoms with van der Waals surface area (Å²) in [7, 11) is 0. The fourth-order valence-corrected chi connectivity index (χ4v) is 5.06. The van der Waals surface area contributed by atoms with Gasteiger partial charge < -0.3 is 14.3 Å². The lowest BCUT2D eigenvalue weighted by atomic mass is 10.1. The summed E-state index contributed by atoms with van der Waals surface area (Å²) in [5.74, 6) is -0.0648. The fraction of sp³-hybridized carbons (Fsp3) is 0.167. The van der Waals surface area contributed by atoms with Gasteiger partial charge in [0.05, 0.1) is 17.0 Å². The van der Waals surface area contributed by atoms with E-state index in [1.54, 1.807) is 6.07 Å². The van der Waals surface area contributed by atoms with E-state index in [9.17, 15) is 9.59 Å². The molecule has 1 saturated heterocycles. The lowest BCUT2D eigenvalue weighted by molar-refractivity contribution is 0.0626. The molecule has 0 bridgehead atoms. The second-order valence-electron chi connectivity index (χ2n) is 9.44.